The van der Waals surface area contributed by atoms with Crippen LogP contribution in [0.5, 0.6) is 0 Å². The second-order valence-corrected chi connectivity index (χ2v) is 14.8. The molecule has 1 heterocycles. The Labute approximate surface area is 294 Å². The standard InChI is InChI=1S/C11H12N2O4.C11H12N2O2S.C5H10O2.C4H10.C2H6O2S/c14-7-8-3-1-2-4-9(8)10(15)12-5-6-13-11(16)17;12-7(6-16)5-13-10(14)8-3-1-2-4-9(8)11(13)15;1-5(2,3)7-4-6;1-4(2)3;1-5(2,3)4/h1-4,7,13H,5-6H2,(H,12,15)(H,16,17);1-4,7,16H,5-6,12H2;4H,1-3H3;4H,1-3H3;1-2H3/t;7-;;;/m.1.../s1. The van der Waals surface area contributed by atoms with Crippen molar-refractivity contribution in [2.75, 3.05) is 37.9 Å². The molecule has 5 N–H and O–H groups in total. The van der Waals surface area contributed by atoms with Gasteiger partial charge < -0.3 is 26.2 Å². The summed E-state index contributed by atoms with van der Waals surface area (Å²) in [6.07, 6.45) is 1.78. The van der Waals surface area contributed by atoms with Gasteiger partial charge >= 0.3 is 6.09 Å². The monoisotopic (exact) mass is 726 g/mol. The highest BCUT2D eigenvalue weighted by Gasteiger charge is 2.35. The van der Waals surface area contributed by atoms with Crippen LogP contribution in [-0.2, 0) is 19.4 Å². The van der Waals surface area contributed by atoms with Crippen molar-refractivity contribution in [2.24, 2.45) is 11.7 Å². The minimum Gasteiger partial charge on any atom is -0.465 e. The number of nitrogens with one attached hydrogen (secondary N) is 2. The van der Waals surface area contributed by atoms with Crippen LogP contribution in [0.3, 0.4) is 0 Å². The van der Waals surface area contributed by atoms with Crippen LogP contribution in [0.2, 0.25) is 0 Å². The Morgan fingerprint density at radius 1 is 0.939 bits per heavy atom. The van der Waals surface area contributed by atoms with Gasteiger partial charge in [0.25, 0.3) is 24.2 Å². The predicted molar refractivity (Wildman–Crippen MR) is 192 cm³/mol. The van der Waals surface area contributed by atoms with Gasteiger partial charge in [-0.3, -0.25) is 28.9 Å². The molecule has 1 aliphatic rings. The summed E-state index contributed by atoms with van der Waals surface area (Å²) in [5.41, 5.74) is 6.86. The zero-order valence-corrected chi connectivity index (χ0v) is 31.0. The summed E-state index contributed by atoms with van der Waals surface area (Å²) in [4.78, 5) is 67.0. The number of benzene rings is 2. The number of sulfone groups is 1. The lowest BCUT2D eigenvalue weighted by Gasteiger charge is -2.17. The van der Waals surface area contributed by atoms with Gasteiger partial charge in [0.1, 0.15) is 15.4 Å². The van der Waals surface area contributed by atoms with Gasteiger partial charge in [-0.05, 0) is 44.9 Å². The molecular formula is C33H50N4O10S2. The number of carboxylic acid groups (broad SMARTS) is 1. The number of nitrogens with two attached hydrogens (primary N) is 1. The van der Waals surface area contributed by atoms with Crippen molar-refractivity contribution in [3.05, 3.63) is 70.8 Å². The largest absolute Gasteiger partial charge is 0.465 e. The van der Waals surface area contributed by atoms with E-state index in [0.29, 0.717) is 35.2 Å². The Hall–Kier alpha value is -4.28. The van der Waals surface area contributed by atoms with Gasteiger partial charge in [0, 0.05) is 55.1 Å². The first-order chi connectivity index (χ1) is 22.6. The van der Waals surface area contributed by atoms with E-state index in [2.05, 4.69) is 48.8 Å². The number of fused-ring (bicyclic) bond motifs is 1. The maximum Gasteiger partial charge on any atom is 0.404 e. The maximum atomic E-state index is 11.9. The minimum absolute atomic E-state index is 0.115. The minimum atomic E-state index is -2.67. The summed E-state index contributed by atoms with van der Waals surface area (Å²) in [6.45, 7) is 12.9. The van der Waals surface area contributed by atoms with Crippen LogP contribution in [0.15, 0.2) is 48.5 Å². The van der Waals surface area contributed by atoms with Crippen molar-refractivity contribution in [3.8, 4) is 0 Å². The molecule has 4 amide bonds. The van der Waals surface area contributed by atoms with Crippen LogP contribution in [0, 0.1) is 5.92 Å². The first kappa shape index (κ1) is 46.8. The van der Waals surface area contributed by atoms with Crippen LogP contribution in [0.4, 0.5) is 4.79 Å². The molecule has 2 aromatic carbocycles. The molecule has 2 aromatic rings. The molecule has 1 aliphatic heterocycles. The number of hydrogen-bond donors (Lipinski definition) is 5. The van der Waals surface area contributed by atoms with E-state index >= 15 is 0 Å². The van der Waals surface area contributed by atoms with Crippen molar-refractivity contribution in [3.63, 3.8) is 0 Å². The van der Waals surface area contributed by atoms with Gasteiger partial charge in [-0.2, -0.15) is 12.6 Å². The lowest BCUT2D eigenvalue weighted by Crippen LogP contribution is -2.41. The molecule has 274 valence electrons. The molecule has 0 radical (unpaired) electrons. The summed E-state index contributed by atoms with van der Waals surface area (Å²) >= 11 is 4.03. The highest BCUT2D eigenvalue weighted by atomic mass is 32.2. The fourth-order valence-electron chi connectivity index (χ4n) is 3.09. The maximum absolute atomic E-state index is 11.9. The molecular weight excluding hydrogens is 677 g/mol. The second-order valence-electron chi connectivity index (χ2n) is 12.1. The van der Waals surface area contributed by atoms with E-state index in [1.54, 1.807) is 36.4 Å². The van der Waals surface area contributed by atoms with Gasteiger partial charge in [-0.1, -0.05) is 51.1 Å². The number of imide groups is 1. The van der Waals surface area contributed by atoms with Gasteiger partial charge in [-0.15, -0.1) is 0 Å². The summed E-state index contributed by atoms with van der Waals surface area (Å²) in [5, 5.41) is 12.9. The molecule has 0 aromatic heterocycles. The lowest BCUT2D eigenvalue weighted by molar-refractivity contribution is -0.138. The lowest BCUT2D eigenvalue weighted by atomic mass is 10.1. The molecule has 1 atom stereocenters. The smallest absolute Gasteiger partial charge is 0.404 e. The molecule has 0 spiro atoms. The normalized spacial score (nSPS) is 12.1. The molecule has 14 nitrogen and oxygen atoms in total. The average Bonchev–Trinajstić information content (AvgIpc) is 3.22. The van der Waals surface area contributed by atoms with Gasteiger partial charge in [-0.25, -0.2) is 13.2 Å². The molecule has 16 heteroatoms. The topological polar surface area (TPSA) is 219 Å². The number of nitrogens with zero attached hydrogens (tertiary/aromatic N) is 1. The third kappa shape index (κ3) is 23.7. The van der Waals surface area contributed by atoms with Crippen LogP contribution >= 0.6 is 12.6 Å². The van der Waals surface area contributed by atoms with Crippen LogP contribution in [-0.4, -0.2) is 105 Å². The van der Waals surface area contributed by atoms with Crippen molar-refractivity contribution in [1.82, 2.24) is 15.5 Å². The van der Waals surface area contributed by atoms with E-state index < -0.39 is 21.8 Å². The van der Waals surface area contributed by atoms with Gasteiger partial charge in [0.05, 0.1) is 11.1 Å². The average molecular weight is 727 g/mol. The predicted octanol–water partition coefficient (Wildman–Crippen LogP) is 3.32. The summed E-state index contributed by atoms with van der Waals surface area (Å²) in [7, 11) is -2.67. The van der Waals surface area contributed by atoms with E-state index in [1.165, 1.54) is 17.0 Å². The SMILES string of the molecule is CC(C)(C)OC=O.CC(C)C.CS(C)(=O)=O.N[C@@H](CS)CN1C(=O)c2ccccc2C1=O.O=Cc1ccccc1C(=O)NCCNC(=O)O. The van der Waals surface area contributed by atoms with E-state index in [0.717, 1.165) is 18.4 Å². The Balaban J connectivity index is 0. The van der Waals surface area contributed by atoms with Crippen molar-refractivity contribution >= 4 is 59.0 Å². The first-order valence-corrected chi connectivity index (χ1v) is 17.9. The van der Waals surface area contributed by atoms with Crippen molar-refractivity contribution in [2.45, 2.75) is 53.2 Å². The zero-order valence-electron chi connectivity index (χ0n) is 29.3. The Bertz CT molecular complexity index is 1430. The number of carbonyl (C=O) groups is 6. The number of amides is 4. The van der Waals surface area contributed by atoms with Gasteiger partial charge in [0.15, 0.2) is 6.29 Å². The highest BCUT2D eigenvalue weighted by molar-refractivity contribution is 7.89. The Morgan fingerprint density at radius 2 is 1.37 bits per heavy atom. The number of thiol groups is 1. The fraction of sp³-hybridized carbons (Fsp3) is 0.455. The third-order valence-electron chi connectivity index (χ3n) is 4.95. The van der Waals surface area contributed by atoms with Crippen LogP contribution < -0.4 is 16.4 Å². The van der Waals surface area contributed by atoms with E-state index in [4.69, 9.17) is 10.8 Å². The molecule has 0 saturated heterocycles. The summed E-state index contributed by atoms with van der Waals surface area (Å²) in [5.74, 6) is 0.337. The van der Waals surface area contributed by atoms with Crippen LogP contribution in [0.25, 0.3) is 0 Å². The summed E-state index contributed by atoms with van der Waals surface area (Å²) in [6, 6.07) is 12.9. The Kier molecular flexibility index (Phi) is 22.9. The van der Waals surface area contributed by atoms with E-state index in [9.17, 15) is 37.2 Å². The molecule has 0 saturated carbocycles. The van der Waals surface area contributed by atoms with E-state index in [-0.39, 0.29) is 48.7 Å². The third-order valence-corrected chi connectivity index (χ3v) is 5.42. The zero-order chi connectivity index (χ0) is 38.4. The molecule has 3 rings (SSSR count). The number of rotatable bonds is 9. The quantitative estimate of drug-likeness (QED) is 0.109. The van der Waals surface area contributed by atoms with Crippen molar-refractivity contribution < 1.29 is 47.0 Å². The number of ether oxygens (including phenoxy) is 1. The second kappa shape index (κ2) is 23.9. The Morgan fingerprint density at radius 3 is 1.73 bits per heavy atom. The van der Waals surface area contributed by atoms with Gasteiger partial charge in [0.2, 0.25) is 0 Å². The molecule has 0 aliphatic carbocycles. The highest BCUT2D eigenvalue weighted by Crippen LogP contribution is 2.22. The number of aldehydes is 1. The first-order valence-electron chi connectivity index (χ1n) is 15.0. The van der Waals surface area contributed by atoms with Crippen molar-refractivity contribution in [1.29, 1.82) is 0 Å². The summed E-state index contributed by atoms with van der Waals surface area (Å²) < 4.78 is 23.8. The molecule has 49 heavy (non-hydrogen) atoms. The fourth-order valence-corrected chi connectivity index (χ4v) is 3.20. The van der Waals surface area contributed by atoms with E-state index in [1.807, 2.05) is 20.8 Å². The molecule has 0 unspecified atom stereocenters. The molecule has 0 bridgehead atoms. The number of carbonyl (C=O) groups excluding carboxylic acids is 5. The number of hydrogen-bond acceptors (Lipinski definition) is 11. The van der Waals surface area contributed by atoms with Crippen LogP contribution in [0.1, 0.15) is 83.0 Å². The molecule has 0 fully saturated rings.